The fourth-order valence-corrected chi connectivity index (χ4v) is 0.766. The highest BCUT2D eigenvalue weighted by molar-refractivity contribution is 4.54. The van der Waals surface area contributed by atoms with E-state index in [4.69, 9.17) is 10.5 Å². The summed E-state index contributed by atoms with van der Waals surface area (Å²) in [7, 11) is 0. The molecule has 0 bridgehead atoms. The molecule has 2 heteroatoms. The Hall–Kier alpha value is -0.0800. The number of hydrogen-bond acceptors (Lipinski definition) is 2. The zero-order valence-electron chi connectivity index (χ0n) is 4.39. The second kappa shape index (κ2) is 2.28. The molecule has 1 atom stereocenters. The third kappa shape index (κ3) is 1.45. The van der Waals surface area contributed by atoms with Crippen molar-refractivity contribution in [1.29, 1.82) is 0 Å². The van der Waals surface area contributed by atoms with Gasteiger partial charge in [-0.1, -0.05) is 0 Å². The minimum Gasteiger partial charge on any atom is -0.364 e. The molecule has 0 aromatic rings. The summed E-state index contributed by atoms with van der Waals surface area (Å²) in [6.07, 6.45) is 3.50. The first-order valence-electron chi connectivity index (χ1n) is 2.77. The van der Waals surface area contributed by atoms with Gasteiger partial charge in [0, 0.05) is 6.61 Å². The molecule has 0 aliphatic carbocycles. The highest BCUT2D eigenvalue weighted by atomic mass is 16.5. The lowest BCUT2D eigenvalue weighted by molar-refractivity contribution is 0.0206. The van der Waals surface area contributed by atoms with Crippen molar-refractivity contribution in [1.82, 2.24) is 0 Å². The Labute approximate surface area is 43.6 Å². The molecule has 0 aromatic carbocycles. The van der Waals surface area contributed by atoms with E-state index in [-0.39, 0.29) is 6.23 Å². The quantitative estimate of drug-likeness (QED) is 0.481. The van der Waals surface area contributed by atoms with Crippen molar-refractivity contribution in [2.45, 2.75) is 25.5 Å². The lowest BCUT2D eigenvalue weighted by atomic mass is 10.2. The van der Waals surface area contributed by atoms with Crippen molar-refractivity contribution in [2.24, 2.45) is 5.73 Å². The average molecular weight is 101 g/mol. The predicted molar refractivity (Wildman–Crippen MR) is 27.8 cm³/mol. The molecule has 0 spiro atoms. The summed E-state index contributed by atoms with van der Waals surface area (Å²) in [4.78, 5) is 0. The van der Waals surface area contributed by atoms with Gasteiger partial charge in [-0.3, -0.25) is 0 Å². The van der Waals surface area contributed by atoms with E-state index in [1.165, 1.54) is 12.8 Å². The highest BCUT2D eigenvalue weighted by Crippen LogP contribution is 2.06. The van der Waals surface area contributed by atoms with E-state index in [2.05, 4.69) is 0 Å². The average Bonchev–Trinajstić information content (AvgIpc) is 1.69. The van der Waals surface area contributed by atoms with Gasteiger partial charge in [-0.05, 0) is 19.3 Å². The zero-order chi connectivity index (χ0) is 5.11. The molecule has 1 fully saturated rings. The molecular formula is C5H11NO. The number of hydrogen-bond donors (Lipinski definition) is 1. The van der Waals surface area contributed by atoms with Crippen LogP contribution in [0.3, 0.4) is 0 Å². The second-order valence-corrected chi connectivity index (χ2v) is 1.91. The molecule has 1 rings (SSSR count). The summed E-state index contributed by atoms with van der Waals surface area (Å²) >= 11 is 0. The summed E-state index contributed by atoms with van der Waals surface area (Å²) < 4.78 is 5.06. The fourth-order valence-electron chi connectivity index (χ4n) is 0.766. The minimum atomic E-state index is 0.0359. The molecule has 2 nitrogen and oxygen atoms in total. The van der Waals surface area contributed by atoms with E-state index in [1.807, 2.05) is 0 Å². The second-order valence-electron chi connectivity index (χ2n) is 1.91. The van der Waals surface area contributed by atoms with Crippen LogP contribution in [0, 0.1) is 0 Å². The van der Waals surface area contributed by atoms with Gasteiger partial charge in [0.25, 0.3) is 0 Å². The molecule has 0 unspecified atom stereocenters. The predicted octanol–water partition coefficient (Wildman–Crippen LogP) is 0.472. The van der Waals surface area contributed by atoms with Gasteiger partial charge in [0.15, 0.2) is 0 Å². The van der Waals surface area contributed by atoms with Crippen LogP contribution in [0.25, 0.3) is 0 Å². The van der Waals surface area contributed by atoms with Crippen LogP contribution in [0.5, 0.6) is 0 Å². The third-order valence-corrected chi connectivity index (χ3v) is 1.21. The molecule has 0 amide bonds. The first kappa shape index (κ1) is 5.06. The van der Waals surface area contributed by atoms with Gasteiger partial charge in [0.05, 0.1) is 0 Å². The van der Waals surface area contributed by atoms with E-state index in [9.17, 15) is 0 Å². The molecule has 1 aliphatic rings. The van der Waals surface area contributed by atoms with Crippen molar-refractivity contribution >= 4 is 0 Å². The molecule has 42 valence electrons. The molecule has 0 aromatic heterocycles. The lowest BCUT2D eigenvalue weighted by Gasteiger charge is -2.17. The van der Waals surface area contributed by atoms with Crippen LogP contribution in [0.4, 0.5) is 0 Å². The SMILES string of the molecule is N[C@@H]1CCCCO1. The van der Waals surface area contributed by atoms with E-state index in [1.54, 1.807) is 0 Å². The van der Waals surface area contributed by atoms with E-state index >= 15 is 0 Å². The summed E-state index contributed by atoms with van der Waals surface area (Å²) in [5, 5.41) is 0. The highest BCUT2D eigenvalue weighted by Gasteiger charge is 2.06. The summed E-state index contributed by atoms with van der Waals surface area (Å²) in [6, 6.07) is 0. The largest absolute Gasteiger partial charge is 0.364 e. The van der Waals surface area contributed by atoms with Crippen LogP contribution in [0.15, 0.2) is 0 Å². The monoisotopic (exact) mass is 101 g/mol. The van der Waals surface area contributed by atoms with E-state index in [0.717, 1.165) is 13.0 Å². The maximum atomic E-state index is 5.41. The van der Waals surface area contributed by atoms with Crippen LogP contribution < -0.4 is 5.73 Å². The summed E-state index contributed by atoms with van der Waals surface area (Å²) in [5.41, 5.74) is 5.41. The van der Waals surface area contributed by atoms with Crippen LogP contribution >= 0.6 is 0 Å². The smallest absolute Gasteiger partial charge is 0.105 e. The maximum absolute atomic E-state index is 5.41. The molecule has 1 saturated heterocycles. The van der Waals surface area contributed by atoms with Gasteiger partial charge in [-0.15, -0.1) is 0 Å². The molecular weight excluding hydrogens is 90.1 g/mol. The van der Waals surface area contributed by atoms with Crippen LogP contribution in [0.2, 0.25) is 0 Å². The Kier molecular flexibility index (Phi) is 1.65. The van der Waals surface area contributed by atoms with Gasteiger partial charge in [0.2, 0.25) is 0 Å². The van der Waals surface area contributed by atoms with Crippen LogP contribution in [-0.4, -0.2) is 12.8 Å². The molecule has 1 aliphatic heterocycles. The molecule has 1 heterocycles. The first-order chi connectivity index (χ1) is 3.39. The Bertz CT molecular complexity index is 50.0. The number of nitrogens with two attached hydrogens (primary N) is 1. The normalized spacial score (nSPS) is 33.0. The number of rotatable bonds is 0. The van der Waals surface area contributed by atoms with Crippen LogP contribution in [-0.2, 0) is 4.74 Å². The van der Waals surface area contributed by atoms with Gasteiger partial charge in [0.1, 0.15) is 6.23 Å². The third-order valence-electron chi connectivity index (χ3n) is 1.21. The fraction of sp³-hybridized carbons (Fsp3) is 1.00. The zero-order valence-corrected chi connectivity index (χ0v) is 4.39. The standard InChI is InChI=1S/C5H11NO/c6-5-3-1-2-4-7-5/h5H,1-4,6H2/t5-/m0/s1. The van der Waals surface area contributed by atoms with Gasteiger partial charge in [-0.2, -0.15) is 0 Å². The topological polar surface area (TPSA) is 35.2 Å². The van der Waals surface area contributed by atoms with Crippen molar-refractivity contribution in [2.75, 3.05) is 6.61 Å². The Morgan fingerprint density at radius 1 is 1.43 bits per heavy atom. The Morgan fingerprint density at radius 3 is 2.57 bits per heavy atom. The Balaban J connectivity index is 2.12. The summed E-state index contributed by atoms with van der Waals surface area (Å²) in [5.74, 6) is 0. The van der Waals surface area contributed by atoms with Crippen molar-refractivity contribution in [3.05, 3.63) is 0 Å². The van der Waals surface area contributed by atoms with Crippen molar-refractivity contribution in [3.63, 3.8) is 0 Å². The van der Waals surface area contributed by atoms with Gasteiger partial charge in [-0.25, -0.2) is 0 Å². The molecule has 0 saturated carbocycles. The number of ether oxygens (including phenoxy) is 1. The lowest BCUT2D eigenvalue weighted by Crippen LogP contribution is -2.27. The van der Waals surface area contributed by atoms with E-state index in [0.29, 0.717) is 0 Å². The van der Waals surface area contributed by atoms with Gasteiger partial charge >= 0.3 is 0 Å². The molecule has 7 heavy (non-hydrogen) atoms. The Morgan fingerprint density at radius 2 is 2.29 bits per heavy atom. The first-order valence-corrected chi connectivity index (χ1v) is 2.77. The molecule has 0 radical (unpaired) electrons. The van der Waals surface area contributed by atoms with E-state index < -0.39 is 0 Å². The minimum absolute atomic E-state index is 0.0359. The molecule has 2 N–H and O–H groups in total. The summed E-state index contributed by atoms with van der Waals surface area (Å²) in [6.45, 7) is 0.862. The van der Waals surface area contributed by atoms with Crippen LogP contribution in [0.1, 0.15) is 19.3 Å². The maximum Gasteiger partial charge on any atom is 0.105 e. The van der Waals surface area contributed by atoms with Crippen molar-refractivity contribution in [3.8, 4) is 0 Å². The van der Waals surface area contributed by atoms with Gasteiger partial charge < -0.3 is 10.5 Å². The van der Waals surface area contributed by atoms with Crippen molar-refractivity contribution < 1.29 is 4.74 Å².